The van der Waals surface area contributed by atoms with Gasteiger partial charge in [-0.2, -0.15) is 0 Å². The molecule has 0 saturated heterocycles. The molecule has 2 aromatic carbocycles. The minimum atomic E-state index is -3.75. The maximum atomic E-state index is 12.8. The fraction of sp³-hybridized carbons (Fsp3) is 0.435. The van der Waals surface area contributed by atoms with Crippen molar-refractivity contribution in [1.29, 1.82) is 0 Å². The van der Waals surface area contributed by atoms with Gasteiger partial charge in [-0.05, 0) is 55.8 Å². The van der Waals surface area contributed by atoms with Gasteiger partial charge in [-0.25, -0.2) is 8.42 Å². The average molecular weight is 446 g/mol. The van der Waals surface area contributed by atoms with Gasteiger partial charge < -0.3 is 5.32 Å². The molecule has 7 nitrogen and oxygen atoms in total. The molecule has 0 aliphatic heterocycles. The molecule has 1 amide bonds. The lowest BCUT2D eigenvalue weighted by atomic mass is 9.94. The SMILES string of the molecule is CON(C)S(=O)(=O)c1ccc(C(=O)Nc2ccccc2CN(C)C2CCCCC2)cc1. The topological polar surface area (TPSA) is 78.9 Å². The largest absolute Gasteiger partial charge is 0.322 e. The van der Waals surface area contributed by atoms with Gasteiger partial charge in [-0.3, -0.25) is 14.5 Å². The summed E-state index contributed by atoms with van der Waals surface area (Å²) >= 11 is 0. The first-order valence-corrected chi connectivity index (χ1v) is 12.0. The van der Waals surface area contributed by atoms with Crippen LogP contribution in [0.3, 0.4) is 0 Å². The lowest BCUT2D eigenvalue weighted by Gasteiger charge is -2.31. The van der Waals surface area contributed by atoms with Gasteiger partial charge in [0.1, 0.15) is 0 Å². The smallest absolute Gasteiger partial charge is 0.264 e. The fourth-order valence-electron chi connectivity index (χ4n) is 3.92. The van der Waals surface area contributed by atoms with Crippen molar-refractivity contribution in [2.24, 2.45) is 0 Å². The monoisotopic (exact) mass is 445 g/mol. The Labute approximate surface area is 185 Å². The Hall–Kier alpha value is -2.26. The van der Waals surface area contributed by atoms with Crippen LogP contribution in [0.1, 0.15) is 48.0 Å². The van der Waals surface area contributed by atoms with Crippen LogP contribution in [-0.2, 0) is 21.4 Å². The number of carbonyl (C=O) groups is 1. The number of para-hydroxylation sites is 1. The van der Waals surface area contributed by atoms with Gasteiger partial charge in [0, 0.05) is 30.9 Å². The van der Waals surface area contributed by atoms with Crippen LogP contribution >= 0.6 is 0 Å². The standard InChI is InChI=1S/C23H31N3O4S/c1-25(20-10-5-4-6-11-20)17-19-9-7-8-12-22(19)24-23(27)18-13-15-21(16-14-18)31(28,29)26(2)30-3/h7-9,12-16,20H,4-6,10-11,17H2,1-3H3,(H,24,27). The summed E-state index contributed by atoms with van der Waals surface area (Å²) in [6.07, 6.45) is 6.31. The van der Waals surface area contributed by atoms with Crippen molar-refractivity contribution in [2.75, 3.05) is 26.5 Å². The Bertz CT molecular complexity index is 986. The van der Waals surface area contributed by atoms with Gasteiger partial charge >= 0.3 is 0 Å². The van der Waals surface area contributed by atoms with E-state index in [9.17, 15) is 13.2 Å². The molecule has 0 aromatic heterocycles. The van der Waals surface area contributed by atoms with Crippen molar-refractivity contribution < 1.29 is 18.0 Å². The minimum Gasteiger partial charge on any atom is -0.322 e. The van der Waals surface area contributed by atoms with Gasteiger partial charge in [0.2, 0.25) is 0 Å². The van der Waals surface area contributed by atoms with Crippen LogP contribution in [0, 0.1) is 0 Å². The van der Waals surface area contributed by atoms with Gasteiger partial charge in [0.15, 0.2) is 0 Å². The number of nitrogens with zero attached hydrogens (tertiary/aromatic N) is 2. The molecule has 0 radical (unpaired) electrons. The van der Waals surface area contributed by atoms with Crippen LogP contribution in [0.4, 0.5) is 5.69 Å². The first-order chi connectivity index (χ1) is 14.8. The molecule has 1 aliphatic carbocycles. The molecular weight excluding hydrogens is 414 g/mol. The Kier molecular flexibility index (Phi) is 7.83. The molecule has 0 atom stereocenters. The maximum absolute atomic E-state index is 12.8. The number of anilines is 1. The Morgan fingerprint density at radius 2 is 1.68 bits per heavy atom. The van der Waals surface area contributed by atoms with Crippen molar-refractivity contribution in [1.82, 2.24) is 9.37 Å². The van der Waals surface area contributed by atoms with Gasteiger partial charge in [0.25, 0.3) is 15.9 Å². The molecule has 0 heterocycles. The summed E-state index contributed by atoms with van der Waals surface area (Å²) in [7, 11) is 0.993. The van der Waals surface area contributed by atoms with E-state index in [1.165, 1.54) is 70.5 Å². The highest BCUT2D eigenvalue weighted by Crippen LogP contribution is 2.25. The zero-order valence-corrected chi connectivity index (χ0v) is 19.2. The lowest BCUT2D eigenvalue weighted by molar-refractivity contribution is -0.0258. The van der Waals surface area contributed by atoms with E-state index < -0.39 is 10.0 Å². The second-order valence-corrected chi connectivity index (χ2v) is 9.88. The third-order valence-corrected chi connectivity index (χ3v) is 7.59. The lowest BCUT2D eigenvalue weighted by Crippen LogP contribution is -2.33. The van der Waals surface area contributed by atoms with Gasteiger partial charge in [-0.15, -0.1) is 0 Å². The van der Waals surface area contributed by atoms with Crippen LogP contribution in [0.5, 0.6) is 0 Å². The van der Waals surface area contributed by atoms with Crippen molar-refractivity contribution in [2.45, 2.75) is 49.6 Å². The quantitative estimate of drug-likeness (QED) is 0.624. The molecule has 1 fully saturated rings. The van der Waals surface area contributed by atoms with E-state index in [2.05, 4.69) is 17.3 Å². The third-order valence-electron chi connectivity index (χ3n) is 5.89. The average Bonchev–Trinajstić information content (AvgIpc) is 2.80. The summed E-state index contributed by atoms with van der Waals surface area (Å²) in [5, 5.41) is 2.98. The normalized spacial score (nSPS) is 15.4. The highest BCUT2D eigenvalue weighted by Gasteiger charge is 2.22. The van der Waals surface area contributed by atoms with Crippen molar-refractivity contribution >= 4 is 21.6 Å². The van der Waals surface area contributed by atoms with Crippen LogP contribution < -0.4 is 5.32 Å². The number of hydrogen-bond donors (Lipinski definition) is 1. The van der Waals surface area contributed by atoms with Crippen molar-refractivity contribution in [3.05, 3.63) is 59.7 Å². The van der Waals surface area contributed by atoms with Crippen molar-refractivity contribution in [3.8, 4) is 0 Å². The molecule has 0 bridgehead atoms. The molecule has 1 saturated carbocycles. The molecule has 2 aromatic rings. The summed E-state index contributed by atoms with van der Waals surface area (Å²) in [4.78, 5) is 20.0. The van der Waals surface area contributed by atoms with E-state index in [-0.39, 0.29) is 10.8 Å². The number of benzene rings is 2. The predicted octanol–water partition coefficient (Wildman–Crippen LogP) is 3.89. The summed E-state index contributed by atoms with van der Waals surface area (Å²) in [5.41, 5.74) is 2.21. The number of carbonyl (C=O) groups excluding carboxylic acids is 1. The molecule has 31 heavy (non-hydrogen) atoms. The summed E-state index contributed by atoms with van der Waals surface area (Å²) in [5.74, 6) is -0.281. The van der Waals surface area contributed by atoms with Gasteiger partial charge in [0.05, 0.1) is 12.0 Å². The van der Waals surface area contributed by atoms with E-state index in [0.717, 1.165) is 22.3 Å². The van der Waals surface area contributed by atoms with Crippen molar-refractivity contribution in [3.63, 3.8) is 0 Å². The Balaban J connectivity index is 1.71. The van der Waals surface area contributed by atoms with E-state index in [0.29, 0.717) is 11.6 Å². The Morgan fingerprint density at radius 1 is 1.03 bits per heavy atom. The van der Waals surface area contributed by atoms with Gasteiger partial charge in [-0.1, -0.05) is 41.9 Å². The molecule has 0 unspecified atom stereocenters. The molecule has 0 spiro atoms. The molecule has 168 valence electrons. The number of hydrogen-bond acceptors (Lipinski definition) is 5. The number of rotatable bonds is 8. The first kappa shape index (κ1) is 23.4. The Morgan fingerprint density at radius 3 is 2.32 bits per heavy atom. The molecular formula is C23H31N3O4S. The summed E-state index contributed by atoms with van der Waals surface area (Å²) in [6.45, 7) is 0.766. The van der Waals surface area contributed by atoms with E-state index in [1.807, 2.05) is 24.3 Å². The molecule has 8 heteroatoms. The number of amides is 1. The van der Waals surface area contributed by atoms with E-state index in [4.69, 9.17) is 4.84 Å². The maximum Gasteiger partial charge on any atom is 0.264 e. The summed E-state index contributed by atoms with van der Waals surface area (Å²) < 4.78 is 25.4. The first-order valence-electron chi connectivity index (χ1n) is 10.6. The zero-order chi connectivity index (χ0) is 22.4. The third kappa shape index (κ3) is 5.71. The number of sulfonamides is 1. The number of hydroxylamine groups is 1. The fourth-order valence-corrected chi connectivity index (χ4v) is 4.89. The second kappa shape index (κ2) is 10.4. The van der Waals surface area contributed by atoms with E-state index in [1.54, 1.807) is 0 Å². The second-order valence-electron chi connectivity index (χ2n) is 7.94. The van der Waals surface area contributed by atoms with Crippen LogP contribution in [0.25, 0.3) is 0 Å². The zero-order valence-electron chi connectivity index (χ0n) is 18.4. The molecule has 1 N–H and O–H groups in total. The minimum absolute atomic E-state index is 0.0582. The van der Waals surface area contributed by atoms with Crippen LogP contribution in [0.15, 0.2) is 53.4 Å². The molecule has 1 aliphatic rings. The number of nitrogens with one attached hydrogen (secondary N) is 1. The molecule has 3 rings (SSSR count). The summed E-state index contributed by atoms with van der Waals surface area (Å²) in [6, 6.07) is 14.2. The van der Waals surface area contributed by atoms with Crippen LogP contribution in [0.2, 0.25) is 0 Å². The van der Waals surface area contributed by atoms with Crippen LogP contribution in [-0.4, -0.2) is 50.9 Å². The highest BCUT2D eigenvalue weighted by atomic mass is 32.2. The highest BCUT2D eigenvalue weighted by molar-refractivity contribution is 7.89. The predicted molar refractivity (Wildman–Crippen MR) is 121 cm³/mol. The van der Waals surface area contributed by atoms with E-state index >= 15 is 0 Å².